The van der Waals surface area contributed by atoms with Gasteiger partial charge in [-0.25, -0.2) is 9.97 Å². The normalized spacial score (nSPS) is 19.8. The smallest absolute Gasteiger partial charge is 0.132 e. The van der Waals surface area contributed by atoms with Crippen LogP contribution in [0, 0.1) is 6.92 Å². The van der Waals surface area contributed by atoms with Crippen LogP contribution < -0.4 is 10.2 Å². The Hall–Kier alpha value is -1.20. The highest BCUT2D eigenvalue weighted by atomic mass is 16.5. The number of rotatable bonds is 4. The van der Waals surface area contributed by atoms with Crippen molar-refractivity contribution in [3.05, 3.63) is 17.6 Å². The lowest BCUT2D eigenvalue weighted by Gasteiger charge is -2.28. The zero-order valence-electron chi connectivity index (χ0n) is 11.4. The lowest BCUT2D eigenvalue weighted by Crippen LogP contribution is -2.44. The van der Waals surface area contributed by atoms with E-state index in [2.05, 4.69) is 40.2 Å². The Kier molecular flexibility index (Phi) is 4.49. The summed E-state index contributed by atoms with van der Waals surface area (Å²) >= 11 is 0. The van der Waals surface area contributed by atoms with Crippen LogP contribution in [-0.4, -0.2) is 49.4 Å². The molecule has 1 aliphatic rings. The maximum atomic E-state index is 5.71. The van der Waals surface area contributed by atoms with Gasteiger partial charge < -0.3 is 15.0 Å². The molecule has 1 fully saturated rings. The first-order chi connectivity index (χ1) is 8.69. The van der Waals surface area contributed by atoms with E-state index in [9.17, 15) is 0 Å². The molecule has 1 aromatic rings. The van der Waals surface area contributed by atoms with Gasteiger partial charge in [0.05, 0.1) is 12.7 Å². The van der Waals surface area contributed by atoms with Crippen LogP contribution in [0.25, 0.3) is 0 Å². The Bertz CT molecular complexity index is 391. The standard InChI is InChI=1S/C13H22N4O/c1-4-11-7-13(16-10(2)15-11)17(3)9-12-8-14-5-6-18-12/h7,12,14H,4-6,8-9H2,1-3H3. The summed E-state index contributed by atoms with van der Waals surface area (Å²) in [5.74, 6) is 1.81. The van der Waals surface area contributed by atoms with Crippen LogP contribution in [0.15, 0.2) is 6.07 Å². The molecule has 5 heteroatoms. The minimum Gasteiger partial charge on any atom is -0.374 e. The van der Waals surface area contributed by atoms with Crippen LogP contribution in [0.3, 0.4) is 0 Å². The van der Waals surface area contributed by atoms with E-state index < -0.39 is 0 Å². The zero-order chi connectivity index (χ0) is 13.0. The molecule has 2 heterocycles. The fourth-order valence-electron chi connectivity index (χ4n) is 2.12. The molecule has 0 spiro atoms. The quantitative estimate of drug-likeness (QED) is 0.855. The van der Waals surface area contributed by atoms with E-state index in [1.54, 1.807) is 0 Å². The van der Waals surface area contributed by atoms with Crippen LogP contribution >= 0.6 is 0 Å². The van der Waals surface area contributed by atoms with Gasteiger partial charge in [-0.2, -0.15) is 0 Å². The molecule has 1 N–H and O–H groups in total. The Morgan fingerprint density at radius 1 is 1.50 bits per heavy atom. The number of anilines is 1. The topological polar surface area (TPSA) is 50.3 Å². The fourth-order valence-corrected chi connectivity index (χ4v) is 2.12. The lowest BCUT2D eigenvalue weighted by atomic mass is 10.2. The molecule has 1 unspecified atom stereocenters. The summed E-state index contributed by atoms with van der Waals surface area (Å²) in [6, 6.07) is 2.06. The van der Waals surface area contributed by atoms with Crippen molar-refractivity contribution in [2.45, 2.75) is 26.4 Å². The molecule has 1 atom stereocenters. The number of nitrogens with one attached hydrogen (secondary N) is 1. The highest BCUT2D eigenvalue weighted by Crippen LogP contribution is 2.13. The lowest BCUT2D eigenvalue weighted by molar-refractivity contribution is 0.0339. The predicted molar refractivity (Wildman–Crippen MR) is 72.0 cm³/mol. The predicted octanol–water partition coefficient (Wildman–Crippen LogP) is 0.772. The van der Waals surface area contributed by atoms with E-state index in [1.807, 2.05) is 6.92 Å². The summed E-state index contributed by atoms with van der Waals surface area (Å²) in [6.45, 7) is 7.56. The molecule has 1 aliphatic heterocycles. The molecule has 1 saturated heterocycles. The van der Waals surface area contributed by atoms with Crippen molar-refractivity contribution in [2.75, 3.05) is 38.2 Å². The summed E-state index contributed by atoms with van der Waals surface area (Å²) in [6.07, 6.45) is 1.18. The average Bonchev–Trinajstić information content (AvgIpc) is 2.39. The number of nitrogens with zero attached hydrogens (tertiary/aromatic N) is 3. The number of aryl methyl sites for hydroxylation is 2. The van der Waals surface area contributed by atoms with Crippen LogP contribution in [0.5, 0.6) is 0 Å². The van der Waals surface area contributed by atoms with E-state index in [0.29, 0.717) is 0 Å². The van der Waals surface area contributed by atoms with Gasteiger partial charge in [0.15, 0.2) is 0 Å². The number of hydrogen-bond donors (Lipinski definition) is 1. The van der Waals surface area contributed by atoms with Gasteiger partial charge in [-0.05, 0) is 13.3 Å². The SMILES string of the molecule is CCc1cc(N(C)CC2CNCCO2)nc(C)n1. The van der Waals surface area contributed by atoms with E-state index in [1.165, 1.54) is 0 Å². The summed E-state index contributed by atoms with van der Waals surface area (Å²) in [5.41, 5.74) is 1.09. The zero-order valence-corrected chi connectivity index (χ0v) is 11.4. The van der Waals surface area contributed by atoms with E-state index in [0.717, 1.165) is 50.0 Å². The maximum absolute atomic E-state index is 5.71. The van der Waals surface area contributed by atoms with Crippen LogP contribution in [0.1, 0.15) is 18.4 Å². The molecule has 18 heavy (non-hydrogen) atoms. The van der Waals surface area contributed by atoms with Gasteiger partial charge in [0, 0.05) is 38.4 Å². The van der Waals surface area contributed by atoms with Crippen molar-refractivity contribution < 1.29 is 4.74 Å². The van der Waals surface area contributed by atoms with Gasteiger partial charge in [-0.3, -0.25) is 0 Å². The van der Waals surface area contributed by atoms with Crippen molar-refractivity contribution >= 4 is 5.82 Å². The van der Waals surface area contributed by atoms with E-state index in [-0.39, 0.29) is 6.10 Å². The average molecular weight is 250 g/mol. The Morgan fingerprint density at radius 2 is 2.33 bits per heavy atom. The van der Waals surface area contributed by atoms with Gasteiger partial charge in [0.1, 0.15) is 11.6 Å². The van der Waals surface area contributed by atoms with Crippen LogP contribution in [0.2, 0.25) is 0 Å². The molecule has 0 bridgehead atoms. The number of likely N-dealkylation sites (N-methyl/N-ethyl adjacent to an activating group) is 1. The Balaban J connectivity index is 2.02. The van der Waals surface area contributed by atoms with Gasteiger partial charge in [-0.1, -0.05) is 6.92 Å². The van der Waals surface area contributed by atoms with Crippen molar-refractivity contribution in [1.29, 1.82) is 0 Å². The molecule has 0 amide bonds. The van der Waals surface area contributed by atoms with Gasteiger partial charge >= 0.3 is 0 Å². The monoisotopic (exact) mass is 250 g/mol. The third-order valence-electron chi connectivity index (χ3n) is 3.11. The van der Waals surface area contributed by atoms with Crippen LogP contribution in [-0.2, 0) is 11.2 Å². The summed E-state index contributed by atoms with van der Waals surface area (Å²) in [7, 11) is 2.05. The maximum Gasteiger partial charge on any atom is 0.132 e. The van der Waals surface area contributed by atoms with Crippen LogP contribution in [0.4, 0.5) is 5.82 Å². The Labute approximate surface area is 109 Å². The second-order valence-corrected chi connectivity index (χ2v) is 4.70. The van der Waals surface area contributed by atoms with Crippen molar-refractivity contribution in [3.63, 3.8) is 0 Å². The minimum absolute atomic E-state index is 0.240. The molecule has 2 rings (SSSR count). The van der Waals surface area contributed by atoms with Gasteiger partial charge in [-0.15, -0.1) is 0 Å². The number of hydrogen-bond acceptors (Lipinski definition) is 5. The molecular weight excluding hydrogens is 228 g/mol. The molecule has 1 aromatic heterocycles. The second-order valence-electron chi connectivity index (χ2n) is 4.70. The van der Waals surface area contributed by atoms with Crippen molar-refractivity contribution in [1.82, 2.24) is 15.3 Å². The molecule has 100 valence electrons. The van der Waals surface area contributed by atoms with Crippen molar-refractivity contribution in [3.8, 4) is 0 Å². The van der Waals surface area contributed by atoms with Gasteiger partial charge in [0.2, 0.25) is 0 Å². The molecule has 0 radical (unpaired) electrons. The Morgan fingerprint density at radius 3 is 3.00 bits per heavy atom. The number of ether oxygens (including phenoxy) is 1. The molecular formula is C13H22N4O. The first kappa shape index (κ1) is 13.2. The molecule has 0 aliphatic carbocycles. The highest BCUT2D eigenvalue weighted by Gasteiger charge is 2.16. The largest absolute Gasteiger partial charge is 0.374 e. The summed E-state index contributed by atoms with van der Waals surface area (Å²) in [4.78, 5) is 11.0. The summed E-state index contributed by atoms with van der Waals surface area (Å²) < 4.78 is 5.71. The molecule has 5 nitrogen and oxygen atoms in total. The third-order valence-corrected chi connectivity index (χ3v) is 3.11. The fraction of sp³-hybridized carbons (Fsp3) is 0.692. The van der Waals surface area contributed by atoms with E-state index >= 15 is 0 Å². The molecule has 0 aromatic carbocycles. The van der Waals surface area contributed by atoms with E-state index in [4.69, 9.17) is 4.74 Å². The first-order valence-electron chi connectivity index (χ1n) is 6.57. The third kappa shape index (κ3) is 3.40. The van der Waals surface area contributed by atoms with Gasteiger partial charge in [0.25, 0.3) is 0 Å². The number of morpholine rings is 1. The van der Waals surface area contributed by atoms with Crippen molar-refractivity contribution in [2.24, 2.45) is 0 Å². The second kappa shape index (κ2) is 6.11. The first-order valence-corrected chi connectivity index (χ1v) is 6.57. The minimum atomic E-state index is 0.240. The summed E-state index contributed by atoms with van der Waals surface area (Å²) in [5, 5.41) is 3.34. The highest BCUT2D eigenvalue weighted by molar-refractivity contribution is 5.39. The number of aromatic nitrogens is 2. The molecule has 0 saturated carbocycles.